The molecular weight excluding hydrogens is 311 g/mol. The van der Waals surface area contributed by atoms with Crippen molar-refractivity contribution in [2.45, 2.75) is 25.4 Å². The van der Waals surface area contributed by atoms with Crippen LogP contribution in [-0.2, 0) is 26.9 Å². The SMILES string of the molecule is COC(=O)C(=O)N1CCC(Cc2ccc(C(F)(F)F)cc2)CC1. The maximum Gasteiger partial charge on any atom is 0.416 e. The smallest absolute Gasteiger partial charge is 0.416 e. The molecule has 0 bridgehead atoms. The van der Waals surface area contributed by atoms with E-state index in [1.807, 2.05) is 0 Å². The lowest BCUT2D eigenvalue weighted by atomic mass is 9.90. The van der Waals surface area contributed by atoms with Crippen molar-refractivity contribution < 1.29 is 27.5 Å². The Morgan fingerprint density at radius 3 is 2.22 bits per heavy atom. The summed E-state index contributed by atoms with van der Waals surface area (Å²) in [5.41, 5.74) is 0.190. The Kier molecular flexibility index (Phi) is 5.28. The topological polar surface area (TPSA) is 46.6 Å². The van der Waals surface area contributed by atoms with Crippen molar-refractivity contribution in [1.29, 1.82) is 0 Å². The first-order valence-corrected chi connectivity index (χ1v) is 7.34. The third kappa shape index (κ3) is 4.46. The minimum absolute atomic E-state index is 0.286. The maximum atomic E-state index is 12.5. The van der Waals surface area contributed by atoms with E-state index < -0.39 is 23.6 Å². The van der Waals surface area contributed by atoms with Crippen molar-refractivity contribution in [3.05, 3.63) is 35.4 Å². The Balaban J connectivity index is 1.87. The fraction of sp³-hybridized carbons (Fsp3) is 0.500. The summed E-state index contributed by atoms with van der Waals surface area (Å²) in [6, 6.07) is 5.17. The lowest BCUT2D eigenvalue weighted by Crippen LogP contribution is -2.42. The van der Waals surface area contributed by atoms with E-state index in [4.69, 9.17) is 0 Å². The third-order valence-electron chi connectivity index (χ3n) is 4.07. The zero-order chi connectivity index (χ0) is 17.0. The summed E-state index contributed by atoms with van der Waals surface area (Å²) in [7, 11) is 1.16. The van der Waals surface area contributed by atoms with Gasteiger partial charge in [0, 0.05) is 13.1 Å². The van der Waals surface area contributed by atoms with Gasteiger partial charge in [-0.3, -0.25) is 4.79 Å². The number of piperidine rings is 1. The van der Waals surface area contributed by atoms with Gasteiger partial charge in [0.1, 0.15) is 0 Å². The number of rotatable bonds is 2. The lowest BCUT2D eigenvalue weighted by molar-refractivity contribution is -0.158. The molecule has 1 aliphatic rings. The number of amides is 1. The van der Waals surface area contributed by atoms with Crippen LogP contribution in [0.15, 0.2) is 24.3 Å². The molecule has 1 aromatic rings. The number of halogens is 3. The van der Waals surface area contributed by atoms with Crippen LogP contribution in [0.3, 0.4) is 0 Å². The van der Waals surface area contributed by atoms with E-state index in [1.54, 1.807) is 0 Å². The second kappa shape index (κ2) is 7.02. The number of likely N-dealkylation sites (tertiary alicyclic amines) is 1. The molecule has 126 valence electrons. The van der Waals surface area contributed by atoms with E-state index in [0.717, 1.165) is 24.8 Å². The standard InChI is InChI=1S/C16H18F3NO3/c1-23-15(22)14(21)20-8-6-12(7-9-20)10-11-2-4-13(5-3-11)16(17,18)19/h2-5,12H,6-10H2,1H3. The molecule has 1 aliphatic heterocycles. The van der Waals surface area contributed by atoms with Gasteiger partial charge < -0.3 is 9.64 Å². The maximum absolute atomic E-state index is 12.5. The summed E-state index contributed by atoms with van der Waals surface area (Å²) in [6.07, 6.45) is -2.23. The first-order chi connectivity index (χ1) is 10.8. The van der Waals surface area contributed by atoms with Gasteiger partial charge in [0.2, 0.25) is 0 Å². The highest BCUT2D eigenvalue weighted by Crippen LogP contribution is 2.30. The molecule has 1 aromatic carbocycles. The molecule has 0 unspecified atom stereocenters. The van der Waals surface area contributed by atoms with Gasteiger partial charge in [0.25, 0.3) is 0 Å². The van der Waals surface area contributed by atoms with E-state index in [-0.39, 0.29) is 5.92 Å². The molecule has 1 heterocycles. The molecule has 0 atom stereocenters. The van der Waals surface area contributed by atoms with Crippen LogP contribution in [-0.4, -0.2) is 37.0 Å². The summed E-state index contributed by atoms with van der Waals surface area (Å²) in [6.45, 7) is 0.915. The van der Waals surface area contributed by atoms with Crippen LogP contribution in [0.25, 0.3) is 0 Å². The number of hydrogen-bond donors (Lipinski definition) is 0. The highest BCUT2D eigenvalue weighted by molar-refractivity contribution is 6.32. The number of carbonyl (C=O) groups is 2. The Morgan fingerprint density at radius 1 is 1.17 bits per heavy atom. The van der Waals surface area contributed by atoms with Crippen LogP contribution in [0.4, 0.5) is 13.2 Å². The first-order valence-electron chi connectivity index (χ1n) is 7.34. The van der Waals surface area contributed by atoms with Gasteiger partial charge in [-0.15, -0.1) is 0 Å². The number of hydrogen-bond acceptors (Lipinski definition) is 3. The zero-order valence-electron chi connectivity index (χ0n) is 12.7. The minimum Gasteiger partial charge on any atom is -0.462 e. The van der Waals surface area contributed by atoms with Gasteiger partial charge in [-0.25, -0.2) is 4.79 Å². The summed E-state index contributed by atoms with van der Waals surface area (Å²) in [5, 5.41) is 0. The van der Waals surface area contributed by atoms with Crippen LogP contribution in [0.2, 0.25) is 0 Å². The second-order valence-corrected chi connectivity index (χ2v) is 5.63. The lowest BCUT2D eigenvalue weighted by Gasteiger charge is -2.31. The van der Waals surface area contributed by atoms with Crippen LogP contribution in [0, 0.1) is 5.92 Å². The van der Waals surface area contributed by atoms with Crippen molar-refractivity contribution in [3.8, 4) is 0 Å². The largest absolute Gasteiger partial charge is 0.462 e. The summed E-state index contributed by atoms with van der Waals surface area (Å²) < 4.78 is 42.0. The Labute approximate surface area is 132 Å². The number of ether oxygens (including phenoxy) is 1. The van der Waals surface area contributed by atoms with E-state index in [9.17, 15) is 22.8 Å². The Hall–Kier alpha value is -2.05. The van der Waals surface area contributed by atoms with Gasteiger partial charge in [-0.05, 0) is 42.9 Å². The van der Waals surface area contributed by atoms with Crippen molar-refractivity contribution in [2.24, 2.45) is 5.92 Å². The molecule has 0 spiro atoms. The number of methoxy groups -OCH3 is 1. The van der Waals surface area contributed by atoms with Crippen LogP contribution < -0.4 is 0 Å². The number of esters is 1. The number of benzene rings is 1. The van der Waals surface area contributed by atoms with E-state index >= 15 is 0 Å². The average Bonchev–Trinajstić information content (AvgIpc) is 2.54. The van der Waals surface area contributed by atoms with E-state index in [2.05, 4.69) is 4.74 Å². The molecule has 0 aromatic heterocycles. The molecular formula is C16H18F3NO3. The molecule has 7 heteroatoms. The number of nitrogens with zero attached hydrogens (tertiary/aromatic N) is 1. The minimum atomic E-state index is -4.32. The first kappa shape index (κ1) is 17.3. The Morgan fingerprint density at radius 2 is 1.74 bits per heavy atom. The van der Waals surface area contributed by atoms with E-state index in [1.165, 1.54) is 17.0 Å². The average molecular weight is 329 g/mol. The molecule has 1 saturated heterocycles. The molecule has 0 N–H and O–H groups in total. The van der Waals surface area contributed by atoms with Gasteiger partial charge in [-0.1, -0.05) is 12.1 Å². The summed E-state index contributed by atoms with van der Waals surface area (Å²) in [5.74, 6) is -1.22. The predicted molar refractivity (Wildman–Crippen MR) is 76.5 cm³/mol. The van der Waals surface area contributed by atoms with Crippen molar-refractivity contribution in [1.82, 2.24) is 4.90 Å². The van der Waals surface area contributed by atoms with Crippen molar-refractivity contribution in [3.63, 3.8) is 0 Å². The van der Waals surface area contributed by atoms with E-state index in [0.29, 0.717) is 32.4 Å². The van der Waals surface area contributed by atoms with Gasteiger partial charge in [-0.2, -0.15) is 13.2 Å². The molecule has 1 amide bonds. The molecule has 2 rings (SSSR count). The highest BCUT2D eigenvalue weighted by Gasteiger charge is 2.30. The molecule has 0 radical (unpaired) electrons. The van der Waals surface area contributed by atoms with Crippen LogP contribution >= 0.6 is 0 Å². The third-order valence-corrected chi connectivity index (χ3v) is 4.07. The normalized spacial score (nSPS) is 16.3. The summed E-state index contributed by atoms with van der Waals surface area (Å²) in [4.78, 5) is 24.3. The van der Waals surface area contributed by atoms with Crippen molar-refractivity contribution in [2.75, 3.05) is 20.2 Å². The quantitative estimate of drug-likeness (QED) is 0.619. The van der Waals surface area contributed by atoms with Crippen LogP contribution in [0.1, 0.15) is 24.0 Å². The molecule has 0 aliphatic carbocycles. The second-order valence-electron chi connectivity index (χ2n) is 5.63. The molecule has 4 nitrogen and oxygen atoms in total. The Bertz CT molecular complexity index is 561. The molecule has 23 heavy (non-hydrogen) atoms. The highest BCUT2D eigenvalue weighted by atomic mass is 19.4. The van der Waals surface area contributed by atoms with Gasteiger partial charge >= 0.3 is 18.1 Å². The summed E-state index contributed by atoms with van der Waals surface area (Å²) >= 11 is 0. The van der Waals surface area contributed by atoms with Gasteiger partial charge in [0.15, 0.2) is 0 Å². The fourth-order valence-electron chi connectivity index (χ4n) is 2.72. The zero-order valence-corrected chi connectivity index (χ0v) is 12.7. The van der Waals surface area contributed by atoms with Crippen LogP contribution in [0.5, 0.6) is 0 Å². The van der Waals surface area contributed by atoms with Crippen molar-refractivity contribution >= 4 is 11.9 Å². The van der Waals surface area contributed by atoms with Gasteiger partial charge in [0.05, 0.1) is 12.7 Å². The molecule has 0 saturated carbocycles. The number of carbonyl (C=O) groups excluding carboxylic acids is 2. The molecule has 1 fully saturated rings. The number of alkyl halides is 3. The predicted octanol–water partition coefficient (Wildman–Crippen LogP) is 2.66. The monoisotopic (exact) mass is 329 g/mol. The fourth-order valence-corrected chi connectivity index (χ4v) is 2.72.